The molecule has 3 aliphatic heterocycles. The zero-order valence-electron chi connectivity index (χ0n) is 41.0. The number of fused-ring (bicyclic) bond motifs is 4. The molecule has 4 bridgehead atoms. The highest BCUT2D eigenvalue weighted by Crippen LogP contribution is 2.45. The van der Waals surface area contributed by atoms with E-state index in [4.69, 9.17) is 28.3 Å². The van der Waals surface area contributed by atoms with E-state index in [0.29, 0.717) is 24.5 Å². The van der Waals surface area contributed by atoms with Crippen molar-refractivity contribution in [3.63, 3.8) is 0 Å². The Morgan fingerprint density at radius 3 is 2.21 bits per heavy atom. The third kappa shape index (κ3) is 8.42. The molecule has 5 N–H and O–H groups in total. The fraction of sp³-hybridized carbons (Fsp3) is 0.510. The summed E-state index contributed by atoms with van der Waals surface area (Å²) in [5, 5.41) is 49.6. The maximum Gasteiger partial charge on any atom is 0.307 e. The van der Waals surface area contributed by atoms with Crippen LogP contribution in [0.4, 0.5) is 17.1 Å². The third-order valence-corrected chi connectivity index (χ3v) is 14.0. The van der Waals surface area contributed by atoms with Crippen molar-refractivity contribution in [2.75, 3.05) is 35.3 Å². The van der Waals surface area contributed by atoms with E-state index >= 15 is 4.79 Å². The van der Waals surface area contributed by atoms with Crippen molar-refractivity contribution in [1.82, 2.24) is 4.98 Å². The lowest BCUT2D eigenvalue weighted by atomic mass is 9.78. The molecule has 3 aliphatic rings. The molecule has 1 amide bonds. The first-order valence-electron chi connectivity index (χ1n) is 23.1. The minimum atomic E-state index is -1.99. The number of anilines is 3. The summed E-state index contributed by atoms with van der Waals surface area (Å²) in [4.78, 5) is 65.1. The van der Waals surface area contributed by atoms with Crippen molar-refractivity contribution in [3.05, 3.63) is 73.4 Å². The van der Waals surface area contributed by atoms with E-state index in [0.717, 1.165) is 0 Å². The number of nitrogens with one attached hydrogen (secondary N) is 1. The number of phenolic OH excluding ortho intramolecular Hbond substituents is 1. The molecule has 9 atom stereocenters. The molecule has 0 saturated carbocycles. The molecule has 7 rings (SSSR count). The van der Waals surface area contributed by atoms with Gasteiger partial charge in [0.1, 0.15) is 34.5 Å². The Labute approximate surface area is 394 Å². The summed E-state index contributed by atoms with van der Waals surface area (Å²) in [5.74, 6) is -6.97. The number of aromatic nitrogens is 1. The number of carbonyl (C=O) groups is 2. The molecular weight excluding hydrogens is 877 g/mol. The number of allylic oxidation sites excluding steroid dienone is 2. The van der Waals surface area contributed by atoms with Crippen LogP contribution < -0.4 is 35.9 Å². The first-order valence-corrected chi connectivity index (χ1v) is 23.1. The number of methoxy groups -OCH3 is 1. The van der Waals surface area contributed by atoms with Crippen LogP contribution in [0.15, 0.2) is 56.2 Å². The monoisotopic (exact) mass is 940 g/mol. The minimum absolute atomic E-state index is 0.00559. The standard InChI is InChI=1S/C51H64N4O13/c1-22(2)54-18-19-55(23(3)4)40-31(54)21-32(57)37-48(40)67-47-38(52-37)34-35-43(60)29(10)46-36(34)49(62)51(12,68-46)65-20-17-33(64-13)26(7)45(66-30(11)56)28(9)42(59)27(8)41(58)24(5)15-14-16-25(6)50(63)53-39(47)44(35)61/h14-17,20-24,26-28,33,41-42,45,58-60,62H,18-19H2,1-13H3,(H,53,63)/b15-14+,20-17+,25-16-/t24-,26+,27+,28+,33-,41-,42+,45+,51-/m0/s1. The van der Waals surface area contributed by atoms with Gasteiger partial charge in [0.25, 0.3) is 5.91 Å². The average Bonchev–Trinajstić information content (AvgIpc) is 3.55. The van der Waals surface area contributed by atoms with Gasteiger partial charge in [-0.1, -0.05) is 45.9 Å². The number of nitrogens with zero attached hydrogens (tertiary/aromatic N) is 3. The lowest BCUT2D eigenvalue weighted by Crippen LogP contribution is -2.47. The second-order valence-corrected chi connectivity index (χ2v) is 19.2. The predicted octanol–water partition coefficient (Wildman–Crippen LogP) is 6.00. The quantitative estimate of drug-likeness (QED) is 0.0897. The highest BCUT2D eigenvalue weighted by molar-refractivity contribution is 6.17. The average molecular weight is 941 g/mol. The first-order chi connectivity index (χ1) is 31.9. The Bertz CT molecular complexity index is 2960. The highest BCUT2D eigenvalue weighted by atomic mass is 16.7. The van der Waals surface area contributed by atoms with Crippen molar-refractivity contribution >= 4 is 67.7 Å². The molecule has 0 radical (unpaired) electrons. The SMILES string of the molecule is CO[C@H]1/C=C/O[C@@]2(C)Oc3c(C)c(O)c4c(=O)c(c5oc6c7c(cc(=O)c6nc5c4c3=C2O)N(C(C)C)CCN7C(C)C)NC(=O)/C(C)=C\C=C\[C@H](C)[C@H](O)[C@@H](C)[C@@H](O)[C@@H](C)[C@H](OC(C)=O)[C@@H]1C. The molecule has 4 aromatic rings. The molecule has 366 valence electrons. The van der Waals surface area contributed by atoms with E-state index in [1.165, 1.54) is 59.3 Å². The van der Waals surface area contributed by atoms with Crippen molar-refractivity contribution < 1.29 is 53.4 Å². The van der Waals surface area contributed by atoms with Crippen LogP contribution in [0.2, 0.25) is 0 Å². The Kier molecular flexibility index (Phi) is 13.7. The van der Waals surface area contributed by atoms with Gasteiger partial charge in [0.15, 0.2) is 22.4 Å². The van der Waals surface area contributed by atoms with Crippen LogP contribution in [0, 0.1) is 30.6 Å². The number of hydrogen-bond acceptors (Lipinski definition) is 16. The Balaban J connectivity index is 1.55. The van der Waals surface area contributed by atoms with E-state index in [1.807, 2.05) is 27.7 Å². The number of ether oxygens (including phenoxy) is 4. The number of esters is 1. The largest absolute Gasteiger partial charge is 0.507 e. The van der Waals surface area contributed by atoms with Gasteiger partial charge in [0.05, 0.1) is 40.9 Å². The summed E-state index contributed by atoms with van der Waals surface area (Å²) in [7, 11) is 1.45. The van der Waals surface area contributed by atoms with Gasteiger partial charge in [-0.25, -0.2) is 4.98 Å². The summed E-state index contributed by atoms with van der Waals surface area (Å²) >= 11 is 0. The van der Waals surface area contributed by atoms with Gasteiger partial charge >= 0.3 is 11.8 Å². The number of rotatable bonds is 4. The van der Waals surface area contributed by atoms with Crippen LogP contribution in [0.1, 0.15) is 81.7 Å². The molecule has 0 saturated heterocycles. The summed E-state index contributed by atoms with van der Waals surface area (Å²) < 4.78 is 30.9. The maximum atomic E-state index is 15.1. The van der Waals surface area contributed by atoms with E-state index in [-0.39, 0.29) is 72.8 Å². The Hall–Kier alpha value is -6.17. The summed E-state index contributed by atoms with van der Waals surface area (Å²) in [5.41, 5.74) is -0.729. The van der Waals surface area contributed by atoms with Gasteiger partial charge in [0.2, 0.25) is 10.9 Å². The molecule has 0 aliphatic carbocycles. The molecule has 0 spiro atoms. The van der Waals surface area contributed by atoms with Crippen molar-refractivity contribution in [3.8, 4) is 11.5 Å². The normalized spacial score (nSPS) is 29.0. The second kappa shape index (κ2) is 18.7. The number of amides is 1. The topological polar surface area (TPSA) is 231 Å². The molecule has 68 heavy (non-hydrogen) atoms. The van der Waals surface area contributed by atoms with Crippen molar-refractivity contribution in [2.24, 2.45) is 23.7 Å². The van der Waals surface area contributed by atoms with E-state index in [2.05, 4.69) is 15.1 Å². The van der Waals surface area contributed by atoms with Crippen molar-refractivity contribution in [2.45, 2.75) is 125 Å². The molecule has 0 fully saturated rings. The zero-order chi connectivity index (χ0) is 50.0. The number of benzene rings is 3. The molecule has 17 nitrogen and oxygen atoms in total. The van der Waals surface area contributed by atoms with Crippen LogP contribution in [0.25, 0.3) is 38.7 Å². The number of aliphatic hydroxyl groups is 3. The fourth-order valence-corrected chi connectivity index (χ4v) is 9.91. The molecule has 0 unspecified atom stereocenters. The molecule has 17 heteroatoms. The van der Waals surface area contributed by atoms with Crippen LogP contribution in [-0.2, 0) is 23.8 Å². The molecule has 3 aromatic carbocycles. The van der Waals surface area contributed by atoms with Gasteiger partial charge in [-0.3, -0.25) is 19.2 Å². The molecule has 4 heterocycles. The van der Waals surface area contributed by atoms with Crippen molar-refractivity contribution in [1.29, 1.82) is 0 Å². The zero-order valence-corrected chi connectivity index (χ0v) is 41.0. The van der Waals surface area contributed by atoms with Crippen LogP contribution >= 0.6 is 0 Å². The van der Waals surface area contributed by atoms with Gasteiger partial charge in [-0.15, -0.1) is 0 Å². The number of phenols is 1. The van der Waals surface area contributed by atoms with E-state index in [9.17, 15) is 34.8 Å². The van der Waals surface area contributed by atoms with E-state index in [1.54, 1.807) is 39.8 Å². The van der Waals surface area contributed by atoms with Gasteiger partial charge in [-0.05, 0) is 47.6 Å². The highest BCUT2D eigenvalue weighted by Gasteiger charge is 2.44. The van der Waals surface area contributed by atoms with Gasteiger partial charge in [0, 0.05) is 92.4 Å². The smallest absolute Gasteiger partial charge is 0.307 e. The van der Waals surface area contributed by atoms with Gasteiger partial charge < -0.3 is 58.9 Å². The lowest BCUT2D eigenvalue weighted by molar-refractivity contribution is -0.160. The van der Waals surface area contributed by atoms with Crippen LogP contribution in [0.3, 0.4) is 0 Å². The first kappa shape index (κ1) is 49.7. The molecule has 1 aromatic heterocycles. The number of carbonyl (C=O) groups excluding carboxylic acids is 2. The van der Waals surface area contributed by atoms with E-state index < -0.39 is 88.1 Å². The predicted molar refractivity (Wildman–Crippen MR) is 260 cm³/mol. The van der Waals surface area contributed by atoms with Crippen LogP contribution in [-0.4, -0.2) is 99.8 Å². The summed E-state index contributed by atoms with van der Waals surface area (Å²) in [6.07, 6.45) is 3.57. The Morgan fingerprint density at radius 1 is 0.912 bits per heavy atom. The third-order valence-electron chi connectivity index (χ3n) is 14.0. The summed E-state index contributed by atoms with van der Waals surface area (Å²) in [6, 6.07) is 1.46. The Morgan fingerprint density at radius 2 is 1.57 bits per heavy atom. The number of aromatic hydroxyl groups is 1. The minimum Gasteiger partial charge on any atom is -0.507 e. The second-order valence-electron chi connectivity index (χ2n) is 19.2. The van der Waals surface area contributed by atoms with Gasteiger partial charge in [-0.2, -0.15) is 0 Å². The maximum absolute atomic E-state index is 15.1. The molecular formula is C51H64N4O13. The fourth-order valence-electron chi connectivity index (χ4n) is 9.91. The van der Waals surface area contributed by atoms with Crippen LogP contribution in [0.5, 0.6) is 11.5 Å². The lowest BCUT2D eigenvalue weighted by Gasteiger charge is -2.42. The number of hydrogen-bond donors (Lipinski definition) is 5. The summed E-state index contributed by atoms with van der Waals surface area (Å²) in [6.45, 7) is 21.9. The number of aliphatic hydroxyl groups excluding tert-OH is 3.